The summed E-state index contributed by atoms with van der Waals surface area (Å²) in [6, 6.07) is 9.29. The Labute approximate surface area is 143 Å². The molecule has 0 heterocycles. The summed E-state index contributed by atoms with van der Waals surface area (Å²) in [4.78, 5) is 16.4. The SMILES string of the molecule is Cc1ccc(NC(=O)NC(N)=Nc2ccc(C)c(C)c2C)c(C)c1. The normalized spacial score (nSPS) is 11.3. The molecule has 0 bridgehead atoms. The first-order chi connectivity index (χ1) is 11.3. The van der Waals surface area contributed by atoms with Crippen molar-refractivity contribution in [2.45, 2.75) is 34.6 Å². The molecule has 126 valence electrons. The third kappa shape index (κ3) is 4.13. The number of anilines is 1. The molecule has 5 heteroatoms. The lowest BCUT2D eigenvalue weighted by atomic mass is 10.0. The van der Waals surface area contributed by atoms with Gasteiger partial charge in [-0.2, -0.15) is 0 Å². The van der Waals surface area contributed by atoms with Crippen molar-refractivity contribution >= 4 is 23.4 Å². The molecule has 5 nitrogen and oxygen atoms in total. The van der Waals surface area contributed by atoms with Crippen LogP contribution in [0.4, 0.5) is 16.2 Å². The van der Waals surface area contributed by atoms with E-state index >= 15 is 0 Å². The standard InChI is InChI=1S/C19H24N4O/c1-11-6-8-16(13(3)10-11)22-19(24)23-18(20)21-17-9-7-12(2)14(4)15(17)5/h6-10H,1-5H3,(H4,20,21,22,23,24). The Morgan fingerprint density at radius 2 is 1.67 bits per heavy atom. The highest BCUT2D eigenvalue weighted by Crippen LogP contribution is 2.24. The summed E-state index contributed by atoms with van der Waals surface area (Å²) >= 11 is 0. The van der Waals surface area contributed by atoms with Crippen LogP contribution in [0, 0.1) is 34.6 Å². The number of guanidine groups is 1. The average molecular weight is 324 g/mol. The van der Waals surface area contributed by atoms with E-state index in [1.807, 2.05) is 58.0 Å². The number of carbonyl (C=O) groups is 1. The van der Waals surface area contributed by atoms with Gasteiger partial charge in [-0.1, -0.05) is 23.8 Å². The van der Waals surface area contributed by atoms with Gasteiger partial charge in [0, 0.05) is 5.69 Å². The molecule has 0 aliphatic carbocycles. The fourth-order valence-electron chi connectivity index (χ4n) is 2.44. The molecule has 2 rings (SSSR count). The lowest BCUT2D eigenvalue weighted by Crippen LogP contribution is -2.39. The molecular formula is C19H24N4O. The molecule has 0 aliphatic rings. The fraction of sp³-hybridized carbons (Fsp3) is 0.263. The number of aliphatic imine (C=N–C) groups is 1. The first-order valence-corrected chi connectivity index (χ1v) is 7.84. The van der Waals surface area contributed by atoms with Gasteiger partial charge in [0.25, 0.3) is 0 Å². The molecule has 0 aliphatic heterocycles. The predicted molar refractivity (Wildman–Crippen MR) is 100 cm³/mol. The van der Waals surface area contributed by atoms with Crippen molar-refractivity contribution in [3.8, 4) is 0 Å². The minimum absolute atomic E-state index is 0.0589. The topological polar surface area (TPSA) is 79.5 Å². The summed E-state index contributed by atoms with van der Waals surface area (Å²) in [5.41, 5.74) is 12.9. The van der Waals surface area contributed by atoms with Crippen LogP contribution in [-0.4, -0.2) is 12.0 Å². The van der Waals surface area contributed by atoms with Crippen LogP contribution in [0.3, 0.4) is 0 Å². The van der Waals surface area contributed by atoms with E-state index in [0.717, 1.165) is 28.1 Å². The maximum absolute atomic E-state index is 12.1. The smallest absolute Gasteiger partial charge is 0.326 e. The molecule has 0 saturated heterocycles. The van der Waals surface area contributed by atoms with Crippen LogP contribution >= 0.6 is 0 Å². The van der Waals surface area contributed by atoms with E-state index in [4.69, 9.17) is 5.73 Å². The van der Waals surface area contributed by atoms with E-state index in [2.05, 4.69) is 22.5 Å². The third-order valence-electron chi connectivity index (χ3n) is 4.14. The Kier molecular flexibility index (Phi) is 5.24. The molecule has 0 saturated carbocycles. The van der Waals surface area contributed by atoms with Crippen LogP contribution in [0.15, 0.2) is 35.3 Å². The van der Waals surface area contributed by atoms with E-state index in [9.17, 15) is 4.79 Å². The van der Waals surface area contributed by atoms with Gasteiger partial charge in [0.05, 0.1) is 5.69 Å². The molecule has 2 aromatic carbocycles. The molecule has 0 atom stereocenters. The second kappa shape index (κ2) is 7.17. The minimum Gasteiger partial charge on any atom is -0.369 e. The molecule has 0 radical (unpaired) electrons. The van der Waals surface area contributed by atoms with Gasteiger partial charge in [0.1, 0.15) is 0 Å². The van der Waals surface area contributed by atoms with Gasteiger partial charge in [-0.15, -0.1) is 0 Å². The Hall–Kier alpha value is -2.82. The first kappa shape index (κ1) is 17.5. The number of hydrogen-bond donors (Lipinski definition) is 3. The highest BCUT2D eigenvalue weighted by atomic mass is 16.2. The summed E-state index contributed by atoms with van der Waals surface area (Å²) in [7, 11) is 0. The zero-order chi connectivity index (χ0) is 17.9. The molecule has 0 fully saturated rings. The van der Waals surface area contributed by atoms with Crippen LogP contribution in [0.5, 0.6) is 0 Å². The van der Waals surface area contributed by atoms with Gasteiger partial charge in [-0.05, 0) is 69.0 Å². The van der Waals surface area contributed by atoms with Gasteiger partial charge in [0.2, 0.25) is 5.96 Å². The Morgan fingerprint density at radius 1 is 0.958 bits per heavy atom. The molecule has 0 unspecified atom stereocenters. The zero-order valence-electron chi connectivity index (χ0n) is 14.8. The number of hydrogen-bond acceptors (Lipinski definition) is 2. The number of urea groups is 1. The van der Waals surface area contributed by atoms with Crippen LogP contribution in [0.1, 0.15) is 27.8 Å². The summed E-state index contributed by atoms with van der Waals surface area (Å²) in [5.74, 6) is 0.0589. The van der Waals surface area contributed by atoms with E-state index in [0.29, 0.717) is 0 Å². The number of amides is 2. The number of nitrogens with zero attached hydrogens (tertiary/aromatic N) is 1. The van der Waals surface area contributed by atoms with E-state index in [1.54, 1.807) is 0 Å². The Bertz CT molecular complexity index is 809. The summed E-state index contributed by atoms with van der Waals surface area (Å²) < 4.78 is 0. The lowest BCUT2D eigenvalue weighted by molar-refractivity contribution is 0.256. The van der Waals surface area contributed by atoms with Gasteiger partial charge in [0.15, 0.2) is 0 Å². The van der Waals surface area contributed by atoms with Gasteiger partial charge >= 0.3 is 6.03 Å². The third-order valence-corrected chi connectivity index (χ3v) is 4.14. The van der Waals surface area contributed by atoms with Crippen LogP contribution in [0.2, 0.25) is 0 Å². The van der Waals surface area contributed by atoms with Crippen molar-refractivity contribution in [2.24, 2.45) is 10.7 Å². The molecule has 2 aromatic rings. The summed E-state index contributed by atoms with van der Waals surface area (Å²) in [6.45, 7) is 10.0. The molecular weight excluding hydrogens is 300 g/mol. The number of nitrogens with one attached hydrogen (secondary N) is 2. The number of rotatable bonds is 2. The quantitative estimate of drug-likeness (QED) is 0.576. The van der Waals surface area contributed by atoms with Crippen molar-refractivity contribution in [3.63, 3.8) is 0 Å². The van der Waals surface area contributed by atoms with Crippen LogP contribution in [-0.2, 0) is 0 Å². The number of nitrogens with two attached hydrogens (primary N) is 1. The van der Waals surface area contributed by atoms with E-state index in [1.165, 1.54) is 11.1 Å². The van der Waals surface area contributed by atoms with Crippen molar-refractivity contribution in [1.29, 1.82) is 0 Å². The maximum atomic E-state index is 12.1. The predicted octanol–water partition coefficient (Wildman–Crippen LogP) is 4.00. The monoisotopic (exact) mass is 324 g/mol. The van der Waals surface area contributed by atoms with Crippen molar-refractivity contribution < 1.29 is 4.79 Å². The molecule has 24 heavy (non-hydrogen) atoms. The summed E-state index contributed by atoms with van der Waals surface area (Å²) in [6.07, 6.45) is 0. The minimum atomic E-state index is -0.412. The van der Waals surface area contributed by atoms with E-state index < -0.39 is 6.03 Å². The number of aryl methyl sites for hydroxylation is 3. The van der Waals surface area contributed by atoms with Crippen LogP contribution in [0.25, 0.3) is 0 Å². The Morgan fingerprint density at radius 3 is 2.33 bits per heavy atom. The first-order valence-electron chi connectivity index (χ1n) is 7.84. The number of carbonyl (C=O) groups excluding carboxylic acids is 1. The largest absolute Gasteiger partial charge is 0.369 e. The van der Waals surface area contributed by atoms with Crippen molar-refractivity contribution in [2.75, 3.05) is 5.32 Å². The fourth-order valence-corrected chi connectivity index (χ4v) is 2.44. The average Bonchev–Trinajstić information content (AvgIpc) is 2.50. The Balaban J connectivity index is 2.10. The highest BCUT2D eigenvalue weighted by molar-refractivity contribution is 6.02. The number of benzene rings is 2. The zero-order valence-corrected chi connectivity index (χ0v) is 14.8. The lowest BCUT2D eigenvalue weighted by Gasteiger charge is -2.11. The van der Waals surface area contributed by atoms with Gasteiger partial charge in [-0.25, -0.2) is 9.79 Å². The van der Waals surface area contributed by atoms with Crippen molar-refractivity contribution in [1.82, 2.24) is 5.32 Å². The second-order valence-corrected chi connectivity index (χ2v) is 6.05. The summed E-state index contributed by atoms with van der Waals surface area (Å²) in [5, 5.41) is 5.34. The van der Waals surface area contributed by atoms with Gasteiger partial charge in [-0.3, -0.25) is 5.32 Å². The van der Waals surface area contributed by atoms with Crippen LogP contribution < -0.4 is 16.4 Å². The van der Waals surface area contributed by atoms with Gasteiger partial charge < -0.3 is 11.1 Å². The molecule has 2 amide bonds. The second-order valence-electron chi connectivity index (χ2n) is 6.05. The van der Waals surface area contributed by atoms with E-state index in [-0.39, 0.29) is 5.96 Å². The molecule has 0 aromatic heterocycles. The van der Waals surface area contributed by atoms with Crippen molar-refractivity contribution in [3.05, 3.63) is 58.1 Å². The highest BCUT2D eigenvalue weighted by Gasteiger charge is 2.07. The maximum Gasteiger partial charge on any atom is 0.326 e. The molecule has 0 spiro atoms. The molecule has 4 N–H and O–H groups in total.